The molecule has 1 saturated carbocycles. The van der Waals surface area contributed by atoms with Gasteiger partial charge in [-0.05, 0) is 50.7 Å². The molecule has 1 aromatic rings. The van der Waals surface area contributed by atoms with Gasteiger partial charge in [0.1, 0.15) is 0 Å². The van der Waals surface area contributed by atoms with E-state index in [0.29, 0.717) is 5.78 Å². The molecule has 0 N–H and O–H groups in total. The fraction of sp³-hybridized carbons (Fsp3) is 0.562. The first kappa shape index (κ1) is 13.3. The van der Waals surface area contributed by atoms with E-state index in [2.05, 4.69) is 15.9 Å². The average molecular weight is 323 g/mol. The Morgan fingerprint density at radius 3 is 2.89 bits per heavy atom. The summed E-state index contributed by atoms with van der Waals surface area (Å²) < 4.78 is 6.93. The molecule has 1 atom stereocenters. The second kappa shape index (κ2) is 5.02. The van der Waals surface area contributed by atoms with Crippen LogP contribution in [-0.2, 0) is 4.74 Å². The first-order valence-corrected chi connectivity index (χ1v) is 7.84. The van der Waals surface area contributed by atoms with Crippen LogP contribution < -0.4 is 0 Å². The summed E-state index contributed by atoms with van der Waals surface area (Å²) in [4.78, 5) is 12.7. The Kier molecular flexibility index (Phi) is 3.52. The van der Waals surface area contributed by atoms with Crippen LogP contribution in [-0.4, -0.2) is 18.0 Å². The highest BCUT2D eigenvalue weighted by atomic mass is 79.9. The van der Waals surface area contributed by atoms with Crippen LogP contribution in [0, 0.1) is 12.8 Å². The van der Waals surface area contributed by atoms with Crippen molar-refractivity contribution in [2.45, 2.75) is 44.6 Å². The average Bonchev–Trinajstić information content (AvgIpc) is 2.39. The van der Waals surface area contributed by atoms with Crippen molar-refractivity contribution >= 4 is 21.7 Å². The second-order valence-corrected chi connectivity index (χ2v) is 6.71. The van der Waals surface area contributed by atoms with Crippen molar-refractivity contribution in [3.8, 4) is 0 Å². The minimum absolute atomic E-state index is 0.0402. The van der Waals surface area contributed by atoms with Crippen molar-refractivity contribution in [1.82, 2.24) is 0 Å². The summed E-state index contributed by atoms with van der Waals surface area (Å²) in [6, 6.07) is 5.89. The summed E-state index contributed by atoms with van der Waals surface area (Å²) in [5, 5.41) is 0. The number of hydrogen-bond acceptors (Lipinski definition) is 2. The number of carbonyl (C=O) groups is 1. The number of ketones is 1. The molecule has 3 rings (SSSR count). The van der Waals surface area contributed by atoms with Crippen LogP contribution in [0.2, 0.25) is 0 Å². The highest BCUT2D eigenvalue weighted by Crippen LogP contribution is 2.45. The molecule has 1 saturated heterocycles. The van der Waals surface area contributed by atoms with Gasteiger partial charge in [0.25, 0.3) is 0 Å². The van der Waals surface area contributed by atoms with Gasteiger partial charge < -0.3 is 4.74 Å². The number of hydrogen-bond donors (Lipinski definition) is 0. The molecule has 3 heteroatoms. The number of benzene rings is 1. The van der Waals surface area contributed by atoms with E-state index < -0.39 is 0 Å². The summed E-state index contributed by atoms with van der Waals surface area (Å²) in [5.74, 6) is 0.440. The molecule has 0 radical (unpaired) electrons. The van der Waals surface area contributed by atoms with E-state index in [-0.39, 0.29) is 11.5 Å². The van der Waals surface area contributed by atoms with E-state index in [0.717, 1.165) is 47.9 Å². The molecule has 2 fully saturated rings. The molecule has 0 amide bonds. The van der Waals surface area contributed by atoms with Crippen LogP contribution in [0.1, 0.15) is 48.0 Å². The topological polar surface area (TPSA) is 26.3 Å². The van der Waals surface area contributed by atoms with E-state index >= 15 is 0 Å². The van der Waals surface area contributed by atoms with Gasteiger partial charge in [-0.1, -0.05) is 28.1 Å². The largest absolute Gasteiger partial charge is 0.375 e. The lowest BCUT2D eigenvalue weighted by molar-refractivity contribution is -0.137. The molecule has 1 aliphatic carbocycles. The van der Waals surface area contributed by atoms with Gasteiger partial charge in [0.15, 0.2) is 5.78 Å². The first-order valence-electron chi connectivity index (χ1n) is 7.05. The Labute approximate surface area is 122 Å². The molecule has 2 nitrogen and oxygen atoms in total. The monoisotopic (exact) mass is 322 g/mol. The first-order chi connectivity index (χ1) is 9.11. The predicted molar refractivity (Wildman–Crippen MR) is 78.5 cm³/mol. The highest BCUT2D eigenvalue weighted by molar-refractivity contribution is 9.10. The fourth-order valence-corrected chi connectivity index (χ4v) is 3.63. The summed E-state index contributed by atoms with van der Waals surface area (Å²) in [6.45, 7) is 2.75. The molecule has 1 unspecified atom stereocenters. The number of halogens is 1. The number of rotatable bonds is 2. The smallest absolute Gasteiger partial charge is 0.166 e. The Bertz CT molecular complexity index is 505. The van der Waals surface area contributed by atoms with Crippen molar-refractivity contribution in [3.05, 3.63) is 33.8 Å². The van der Waals surface area contributed by atoms with Crippen LogP contribution in [0.25, 0.3) is 0 Å². The maximum atomic E-state index is 12.7. The lowest BCUT2D eigenvalue weighted by Gasteiger charge is -2.46. The molecule has 1 spiro atoms. The van der Waals surface area contributed by atoms with E-state index in [1.807, 2.05) is 25.1 Å². The zero-order chi connectivity index (χ0) is 13.5. The van der Waals surface area contributed by atoms with Crippen molar-refractivity contribution in [2.75, 3.05) is 6.61 Å². The molecule has 1 heterocycles. The molecular formula is C16H19BrO2. The zero-order valence-corrected chi connectivity index (χ0v) is 12.8. The highest BCUT2D eigenvalue weighted by Gasteiger charge is 2.44. The van der Waals surface area contributed by atoms with Gasteiger partial charge in [-0.2, -0.15) is 0 Å². The lowest BCUT2D eigenvalue weighted by Crippen LogP contribution is -2.47. The summed E-state index contributed by atoms with van der Waals surface area (Å²) in [5.41, 5.74) is 1.97. The Balaban J connectivity index is 1.81. The number of ether oxygens (including phenoxy) is 1. The maximum absolute atomic E-state index is 12.7. The third-order valence-corrected chi connectivity index (χ3v) is 5.52. The number of carbonyl (C=O) groups excluding carboxylic acids is 1. The lowest BCUT2D eigenvalue weighted by atomic mass is 9.70. The van der Waals surface area contributed by atoms with Crippen molar-refractivity contribution in [1.29, 1.82) is 0 Å². The minimum atomic E-state index is 0.0402. The van der Waals surface area contributed by atoms with E-state index in [9.17, 15) is 4.79 Å². The molecule has 102 valence electrons. The SMILES string of the molecule is Cc1c(Br)cccc1C(=O)C1CCOC2(CCC2)C1. The Morgan fingerprint density at radius 1 is 1.42 bits per heavy atom. The van der Waals surface area contributed by atoms with Gasteiger partial charge in [-0.25, -0.2) is 0 Å². The van der Waals surface area contributed by atoms with Crippen molar-refractivity contribution < 1.29 is 9.53 Å². The maximum Gasteiger partial charge on any atom is 0.166 e. The molecule has 1 aromatic carbocycles. The Morgan fingerprint density at radius 2 is 2.21 bits per heavy atom. The molecule has 2 aliphatic rings. The van der Waals surface area contributed by atoms with Gasteiger partial charge in [0, 0.05) is 22.6 Å². The van der Waals surface area contributed by atoms with E-state index in [1.54, 1.807) is 0 Å². The van der Waals surface area contributed by atoms with Crippen LogP contribution in [0.5, 0.6) is 0 Å². The minimum Gasteiger partial charge on any atom is -0.375 e. The van der Waals surface area contributed by atoms with Crippen molar-refractivity contribution in [3.63, 3.8) is 0 Å². The van der Waals surface area contributed by atoms with Crippen LogP contribution in [0.4, 0.5) is 0 Å². The quantitative estimate of drug-likeness (QED) is 0.759. The number of Topliss-reactive ketones (excluding diaryl/α,β-unsaturated/α-hetero) is 1. The molecular weight excluding hydrogens is 304 g/mol. The van der Waals surface area contributed by atoms with Crippen molar-refractivity contribution in [2.24, 2.45) is 5.92 Å². The third kappa shape index (κ3) is 2.38. The molecule has 1 aliphatic heterocycles. The van der Waals surface area contributed by atoms with Gasteiger partial charge in [0.05, 0.1) is 5.60 Å². The van der Waals surface area contributed by atoms with Gasteiger partial charge >= 0.3 is 0 Å². The van der Waals surface area contributed by atoms with Crippen LogP contribution in [0.3, 0.4) is 0 Å². The van der Waals surface area contributed by atoms with E-state index in [4.69, 9.17) is 4.74 Å². The van der Waals surface area contributed by atoms with Gasteiger partial charge in [-0.15, -0.1) is 0 Å². The van der Waals surface area contributed by atoms with E-state index in [1.165, 1.54) is 6.42 Å². The second-order valence-electron chi connectivity index (χ2n) is 5.85. The third-order valence-electron chi connectivity index (χ3n) is 4.66. The fourth-order valence-electron chi connectivity index (χ4n) is 3.27. The standard InChI is InChI=1S/C16H19BrO2/c1-11-13(4-2-5-14(11)17)15(18)12-6-9-19-16(10-12)7-3-8-16/h2,4-5,12H,3,6-10H2,1H3. The van der Waals surface area contributed by atoms with Gasteiger partial charge in [-0.3, -0.25) is 4.79 Å². The summed E-state index contributed by atoms with van der Waals surface area (Å²) >= 11 is 3.51. The molecule has 0 bridgehead atoms. The normalized spacial score (nSPS) is 25.1. The Hall–Kier alpha value is -0.670. The summed E-state index contributed by atoms with van der Waals surface area (Å²) in [6.07, 6.45) is 5.30. The predicted octanol–water partition coefficient (Wildman–Crippen LogP) is 4.29. The van der Waals surface area contributed by atoms with Crippen LogP contribution in [0.15, 0.2) is 22.7 Å². The van der Waals surface area contributed by atoms with Gasteiger partial charge in [0.2, 0.25) is 0 Å². The molecule has 19 heavy (non-hydrogen) atoms. The zero-order valence-electron chi connectivity index (χ0n) is 11.2. The summed E-state index contributed by atoms with van der Waals surface area (Å²) in [7, 11) is 0. The van der Waals surface area contributed by atoms with Crippen LogP contribution >= 0.6 is 15.9 Å². The molecule has 0 aromatic heterocycles.